The zero-order valence-electron chi connectivity index (χ0n) is 14.7. The van der Waals surface area contributed by atoms with Gasteiger partial charge in [-0.15, -0.1) is 13.2 Å². The number of rotatable bonds is 6. The number of ether oxygens (including phenoxy) is 1. The number of carbonyl (C=O) groups is 2. The summed E-state index contributed by atoms with van der Waals surface area (Å²) in [5.41, 5.74) is 0.410. The molecule has 1 aliphatic heterocycles. The van der Waals surface area contributed by atoms with Crippen molar-refractivity contribution < 1.29 is 32.6 Å². The second-order valence-electron chi connectivity index (χ2n) is 7.26. The first-order chi connectivity index (χ1) is 12.7. The molecule has 0 radical (unpaired) electrons. The van der Waals surface area contributed by atoms with E-state index in [0.29, 0.717) is 31.5 Å². The summed E-state index contributed by atoms with van der Waals surface area (Å²) in [6.07, 6.45) is -1.92. The van der Waals surface area contributed by atoms with Gasteiger partial charge in [-0.25, -0.2) is 0 Å². The molecule has 1 aromatic carbocycles. The second kappa shape index (κ2) is 7.78. The van der Waals surface area contributed by atoms with Gasteiger partial charge in [0, 0.05) is 25.4 Å². The van der Waals surface area contributed by atoms with E-state index in [1.165, 1.54) is 12.1 Å². The van der Waals surface area contributed by atoms with E-state index >= 15 is 0 Å². The molecule has 2 aliphatic rings. The molecule has 0 bridgehead atoms. The molecule has 5 nitrogen and oxygen atoms in total. The van der Waals surface area contributed by atoms with Gasteiger partial charge in [-0.1, -0.05) is 18.2 Å². The maximum Gasteiger partial charge on any atom is 0.573 e. The lowest BCUT2D eigenvalue weighted by molar-refractivity contribution is -0.274. The molecule has 27 heavy (non-hydrogen) atoms. The predicted molar refractivity (Wildman–Crippen MR) is 90.1 cm³/mol. The number of benzene rings is 1. The van der Waals surface area contributed by atoms with Crippen LogP contribution >= 0.6 is 0 Å². The summed E-state index contributed by atoms with van der Waals surface area (Å²) in [7, 11) is 0. The van der Waals surface area contributed by atoms with Crippen LogP contribution in [-0.4, -0.2) is 41.3 Å². The van der Waals surface area contributed by atoms with Crippen molar-refractivity contribution in [2.75, 3.05) is 13.1 Å². The molecule has 1 saturated carbocycles. The second-order valence-corrected chi connectivity index (χ2v) is 7.26. The lowest BCUT2D eigenvalue weighted by Gasteiger charge is -2.33. The minimum atomic E-state index is -4.77. The van der Waals surface area contributed by atoms with Gasteiger partial charge in [-0.3, -0.25) is 9.59 Å². The van der Waals surface area contributed by atoms with E-state index < -0.39 is 12.3 Å². The number of aliphatic carboxylic acids is 1. The summed E-state index contributed by atoms with van der Waals surface area (Å²) in [4.78, 5) is 25.2. The fraction of sp³-hybridized carbons (Fsp3) is 0.579. The van der Waals surface area contributed by atoms with Crippen LogP contribution in [0.2, 0.25) is 0 Å². The predicted octanol–water partition coefficient (Wildman–Crippen LogP) is 3.79. The molecule has 0 aromatic heterocycles. The van der Waals surface area contributed by atoms with E-state index in [9.17, 15) is 22.8 Å². The molecular weight excluding hydrogens is 363 g/mol. The molecule has 3 atom stereocenters. The highest BCUT2D eigenvalue weighted by molar-refractivity contribution is 5.83. The summed E-state index contributed by atoms with van der Waals surface area (Å²) < 4.78 is 41.9. The minimum absolute atomic E-state index is 0.0539. The van der Waals surface area contributed by atoms with Crippen molar-refractivity contribution in [3.05, 3.63) is 29.8 Å². The van der Waals surface area contributed by atoms with Crippen LogP contribution in [0.4, 0.5) is 13.2 Å². The molecule has 8 heteroatoms. The average molecular weight is 385 g/mol. The first-order valence-corrected chi connectivity index (χ1v) is 9.10. The summed E-state index contributed by atoms with van der Waals surface area (Å²) in [6, 6.07) is 5.96. The highest BCUT2D eigenvalue weighted by Crippen LogP contribution is 2.52. The van der Waals surface area contributed by atoms with E-state index in [0.717, 1.165) is 12.8 Å². The van der Waals surface area contributed by atoms with Crippen molar-refractivity contribution in [1.29, 1.82) is 0 Å². The summed E-state index contributed by atoms with van der Waals surface area (Å²) in [5.74, 6) is -1.58. The molecule has 1 N–H and O–H groups in total. The highest BCUT2D eigenvalue weighted by atomic mass is 19.4. The molecule has 1 heterocycles. The van der Waals surface area contributed by atoms with Gasteiger partial charge in [-0.2, -0.15) is 0 Å². The third-order valence-corrected chi connectivity index (χ3v) is 5.25. The van der Waals surface area contributed by atoms with E-state index in [1.807, 2.05) is 0 Å². The zero-order valence-corrected chi connectivity index (χ0v) is 14.7. The number of carbonyl (C=O) groups excluding carboxylic acids is 1. The van der Waals surface area contributed by atoms with Gasteiger partial charge in [0.15, 0.2) is 0 Å². The van der Waals surface area contributed by atoms with Crippen molar-refractivity contribution >= 4 is 11.9 Å². The standard InChI is InChI=1S/C19H22F3NO4/c20-19(21,22)27-16-6-2-1-5-13(16)14-10-15(14)18(26)23-9-3-4-12(11-23)7-8-17(24)25/h1-2,5-6,12,14-15H,3-4,7-11H2,(H,24,25). The summed E-state index contributed by atoms with van der Waals surface area (Å²) in [6.45, 7) is 1.14. The van der Waals surface area contributed by atoms with Crippen LogP contribution in [0, 0.1) is 11.8 Å². The number of alkyl halides is 3. The molecule has 2 fully saturated rings. The molecule has 3 rings (SSSR count). The van der Waals surface area contributed by atoms with Crippen molar-refractivity contribution in [3.8, 4) is 5.75 Å². The smallest absolute Gasteiger partial charge is 0.481 e. The molecular formula is C19H22F3NO4. The number of nitrogens with zero attached hydrogens (tertiary/aromatic N) is 1. The van der Waals surface area contributed by atoms with Crippen LogP contribution in [0.1, 0.15) is 43.6 Å². The number of carboxylic acids is 1. The topological polar surface area (TPSA) is 66.8 Å². The van der Waals surface area contributed by atoms with Crippen LogP contribution in [0.25, 0.3) is 0 Å². The number of carboxylic acid groups (broad SMARTS) is 1. The van der Waals surface area contributed by atoms with Crippen molar-refractivity contribution in [3.63, 3.8) is 0 Å². The van der Waals surface area contributed by atoms with Crippen LogP contribution in [0.5, 0.6) is 5.75 Å². The van der Waals surface area contributed by atoms with E-state index in [2.05, 4.69) is 4.74 Å². The van der Waals surface area contributed by atoms with Gasteiger partial charge < -0.3 is 14.7 Å². The number of para-hydroxylation sites is 1. The van der Waals surface area contributed by atoms with Crippen LogP contribution in [0.3, 0.4) is 0 Å². The van der Waals surface area contributed by atoms with E-state index in [-0.39, 0.29) is 35.8 Å². The van der Waals surface area contributed by atoms with E-state index in [4.69, 9.17) is 5.11 Å². The number of hydrogen-bond donors (Lipinski definition) is 1. The highest BCUT2D eigenvalue weighted by Gasteiger charge is 2.48. The molecule has 1 amide bonds. The number of amides is 1. The maximum absolute atomic E-state index is 12.8. The van der Waals surface area contributed by atoms with Gasteiger partial charge in [0.05, 0.1) is 0 Å². The number of piperidine rings is 1. The Hall–Kier alpha value is -2.25. The Morgan fingerprint density at radius 2 is 2.00 bits per heavy atom. The normalized spacial score (nSPS) is 25.1. The fourth-order valence-corrected chi connectivity index (χ4v) is 3.88. The summed E-state index contributed by atoms with van der Waals surface area (Å²) >= 11 is 0. The third-order valence-electron chi connectivity index (χ3n) is 5.25. The Morgan fingerprint density at radius 3 is 2.70 bits per heavy atom. The van der Waals surface area contributed by atoms with Crippen molar-refractivity contribution in [2.45, 2.75) is 44.4 Å². The Kier molecular flexibility index (Phi) is 5.62. The van der Waals surface area contributed by atoms with E-state index in [1.54, 1.807) is 17.0 Å². The molecule has 0 spiro atoms. The van der Waals surface area contributed by atoms with Gasteiger partial charge >= 0.3 is 12.3 Å². The van der Waals surface area contributed by atoms with Crippen LogP contribution in [-0.2, 0) is 9.59 Å². The Bertz CT molecular complexity index is 706. The number of hydrogen-bond acceptors (Lipinski definition) is 3. The minimum Gasteiger partial charge on any atom is -0.481 e. The molecule has 1 aromatic rings. The molecule has 1 aliphatic carbocycles. The first-order valence-electron chi connectivity index (χ1n) is 9.10. The lowest BCUT2D eigenvalue weighted by atomic mass is 9.93. The van der Waals surface area contributed by atoms with Gasteiger partial charge in [0.2, 0.25) is 5.91 Å². The Morgan fingerprint density at radius 1 is 1.26 bits per heavy atom. The Labute approximate surface area is 155 Å². The quantitative estimate of drug-likeness (QED) is 0.809. The number of likely N-dealkylation sites (tertiary alicyclic amines) is 1. The molecule has 148 valence electrons. The average Bonchev–Trinajstić information content (AvgIpc) is 3.39. The van der Waals surface area contributed by atoms with Crippen molar-refractivity contribution in [1.82, 2.24) is 4.90 Å². The van der Waals surface area contributed by atoms with Gasteiger partial charge in [0.25, 0.3) is 0 Å². The SMILES string of the molecule is O=C(O)CCC1CCCN(C(=O)C2CC2c2ccccc2OC(F)(F)F)C1. The first kappa shape index (κ1) is 19.5. The number of halogens is 3. The van der Waals surface area contributed by atoms with Crippen LogP contribution in [0.15, 0.2) is 24.3 Å². The Balaban J connectivity index is 1.61. The largest absolute Gasteiger partial charge is 0.573 e. The van der Waals surface area contributed by atoms with Crippen molar-refractivity contribution in [2.24, 2.45) is 11.8 Å². The van der Waals surface area contributed by atoms with Gasteiger partial charge in [0.1, 0.15) is 5.75 Å². The third kappa shape index (κ3) is 5.14. The van der Waals surface area contributed by atoms with Gasteiger partial charge in [-0.05, 0) is 49.1 Å². The summed E-state index contributed by atoms with van der Waals surface area (Å²) in [5, 5.41) is 8.81. The zero-order chi connectivity index (χ0) is 19.6. The maximum atomic E-state index is 12.8. The fourth-order valence-electron chi connectivity index (χ4n) is 3.88. The van der Waals surface area contributed by atoms with Crippen LogP contribution < -0.4 is 4.74 Å². The lowest BCUT2D eigenvalue weighted by Crippen LogP contribution is -2.41. The molecule has 3 unspecified atom stereocenters. The monoisotopic (exact) mass is 385 g/mol. The molecule has 1 saturated heterocycles.